The smallest absolute Gasteiger partial charge is 0.239 e. The van der Waals surface area contributed by atoms with Gasteiger partial charge in [-0.25, -0.2) is 15.0 Å². The number of benzene rings is 1. The van der Waals surface area contributed by atoms with E-state index in [9.17, 15) is 0 Å². The molecule has 1 unspecified atom stereocenters. The lowest BCUT2D eigenvalue weighted by Crippen LogP contribution is -2.59. The van der Waals surface area contributed by atoms with Crippen LogP contribution in [0.25, 0.3) is 0 Å². The number of anilines is 1. The van der Waals surface area contributed by atoms with Crippen LogP contribution in [0.2, 0.25) is 0 Å². The Morgan fingerprint density at radius 2 is 1.81 bits per heavy atom. The van der Waals surface area contributed by atoms with Crippen molar-refractivity contribution < 1.29 is 4.74 Å². The lowest BCUT2D eigenvalue weighted by Gasteiger charge is -2.47. The number of fused-ring (bicyclic) bond motifs is 1. The summed E-state index contributed by atoms with van der Waals surface area (Å²) in [5.41, 5.74) is 3.75. The van der Waals surface area contributed by atoms with Crippen molar-refractivity contribution in [1.29, 1.82) is 0 Å². The molecule has 0 spiro atoms. The van der Waals surface area contributed by atoms with Crippen molar-refractivity contribution in [3.63, 3.8) is 0 Å². The molecule has 6 nitrogen and oxygen atoms in total. The summed E-state index contributed by atoms with van der Waals surface area (Å²) in [4.78, 5) is 15.8. The minimum atomic E-state index is -0.564. The van der Waals surface area contributed by atoms with E-state index in [1.54, 1.807) is 0 Å². The van der Waals surface area contributed by atoms with Gasteiger partial charge in [0.15, 0.2) is 0 Å². The van der Waals surface area contributed by atoms with Gasteiger partial charge in [0.25, 0.3) is 0 Å². The number of hydrogen-bond acceptors (Lipinski definition) is 6. The zero-order valence-electron chi connectivity index (χ0n) is 15.6. The van der Waals surface area contributed by atoms with Gasteiger partial charge in [-0.2, -0.15) is 0 Å². The highest BCUT2D eigenvalue weighted by Crippen LogP contribution is 2.31. The maximum absolute atomic E-state index is 5.75. The lowest BCUT2D eigenvalue weighted by atomic mass is 10.1. The molecule has 2 aromatic rings. The van der Waals surface area contributed by atoms with Gasteiger partial charge < -0.3 is 15.0 Å². The van der Waals surface area contributed by atoms with Gasteiger partial charge in [0.1, 0.15) is 5.84 Å². The second-order valence-corrected chi connectivity index (χ2v) is 6.86. The van der Waals surface area contributed by atoms with Gasteiger partial charge in [-0.15, -0.1) is 0 Å². The minimum Gasteiger partial charge on any atom is -0.351 e. The van der Waals surface area contributed by atoms with Crippen molar-refractivity contribution in [1.82, 2.24) is 14.9 Å². The predicted octanol–water partition coefficient (Wildman–Crippen LogP) is 2.85. The highest BCUT2D eigenvalue weighted by molar-refractivity contribution is 6.02. The van der Waals surface area contributed by atoms with Crippen molar-refractivity contribution in [3.05, 3.63) is 53.3 Å². The molecular weight excluding hydrogens is 326 g/mol. The Hall–Kier alpha value is -2.47. The van der Waals surface area contributed by atoms with Gasteiger partial charge in [0.2, 0.25) is 11.8 Å². The second kappa shape index (κ2) is 6.68. The van der Waals surface area contributed by atoms with E-state index in [0.29, 0.717) is 18.6 Å². The van der Waals surface area contributed by atoms with Gasteiger partial charge >= 0.3 is 0 Å². The third-order valence-corrected chi connectivity index (χ3v) is 5.10. The summed E-state index contributed by atoms with van der Waals surface area (Å²) in [6.07, 6.45) is 5.71. The summed E-state index contributed by atoms with van der Waals surface area (Å²) in [5, 5.41) is 3.45. The molecule has 0 fully saturated rings. The zero-order valence-corrected chi connectivity index (χ0v) is 15.6. The number of nitrogens with zero attached hydrogens (tertiary/aromatic N) is 4. The highest BCUT2D eigenvalue weighted by Gasteiger charge is 2.43. The van der Waals surface area contributed by atoms with E-state index in [0.717, 1.165) is 30.8 Å². The molecule has 2 aliphatic rings. The molecule has 1 aliphatic carbocycles. The topological polar surface area (TPSA) is 62.6 Å². The summed E-state index contributed by atoms with van der Waals surface area (Å²) in [6.45, 7) is 7.53. The number of rotatable bonds is 6. The molecule has 0 amide bonds. The van der Waals surface area contributed by atoms with Gasteiger partial charge in [0, 0.05) is 38.5 Å². The van der Waals surface area contributed by atoms with Gasteiger partial charge in [-0.05, 0) is 37.8 Å². The SMILES string of the molecule is CCOC1(C)N=C(c2cnc(NC3Cc4ccccc4C3)nc2)N1CC. The van der Waals surface area contributed by atoms with Gasteiger partial charge in [-0.1, -0.05) is 24.3 Å². The van der Waals surface area contributed by atoms with Crippen LogP contribution in [0, 0.1) is 0 Å². The van der Waals surface area contributed by atoms with Crippen molar-refractivity contribution in [3.8, 4) is 0 Å². The van der Waals surface area contributed by atoms with Crippen LogP contribution >= 0.6 is 0 Å². The highest BCUT2D eigenvalue weighted by atomic mass is 16.5. The molecule has 2 heterocycles. The molecule has 0 radical (unpaired) electrons. The molecule has 1 atom stereocenters. The first-order valence-electron chi connectivity index (χ1n) is 9.30. The quantitative estimate of drug-likeness (QED) is 0.867. The van der Waals surface area contributed by atoms with Crippen LogP contribution < -0.4 is 5.32 Å². The monoisotopic (exact) mass is 351 g/mol. The third kappa shape index (κ3) is 2.94. The average Bonchev–Trinajstić information content (AvgIpc) is 3.03. The first-order valence-corrected chi connectivity index (χ1v) is 9.30. The van der Waals surface area contributed by atoms with E-state index in [1.807, 2.05) is 26.2 Å². The molecule has 136 valence electrons. The van der Waals surface area contributed by atoms with Crippen molar-refractivity contribution in [2.24, 2.45) is 4.99 Å². The van der Waals surface area contributed by atoms with Crippen LogP contribution in [-0.4, -0.2) is 45.7 Å². The summed E-state index contributed by atoms with van der Waals surface area (Å²) >= 11 is 0. The summed E-state index contributed by atoms with van der Waals surface area (Å²) in [7, 11) is 0. The number of nitrogens with one attached hydrogen (secondary N) is 1. The normalized spacial score (nSPS) is 22.0. The fourth-order valence-electron chi connectivity index (χ4n) is 3.88. The van der Waals surface area contributed by atoms with Gasteiger partial charge in [-0.3, -0.25) is 0 Å². The lowest BCUT2D eigenvalue weighted by molar-refractivity contribution is -0.124. The van der Waals surface area contributed by atoms with Crippen molar-refractivity contribution >= 4 is 11.8 Å². The zero-order chi connectivity index (χ0) is 18.1. The second-order valence-electron chi connectivity index (χ2n) is 6.86. The fraction of sp³-hybridized carbons (Fsp3) is 0.450. The minimum absolute atomic E-state index is 0.354. The molecule has 6 heteroatoms. The molecule has 1 aromatic heterocycles. The van der Waals surface area contributed by atoms with Crippen molar-refractivity contribution in [2.75, 3.05) is 18.5 Å². The first kappa shape index (κ1) is 17.0. The Labute approximate surface area is 154 Å². The molecule has 4 rings (SSSR count). The standard InChI is InChI=1S/C20H25N5O/c1-4-25-18(24-20(25,3)26-5-2)16-12-21-19(22-13-16)23-17-10-14-8-6-7-9-15(14)11-17/h6-9,12-13,17H,4-5,10-11H2,1-3H3,(H,21,22,23). The third-order valence-electron chi connectivity index (χ3n) is 5.10. The number of hydrogen-bond donors (Lipinski definition) is 1. The molecule has 0 saturated heterocycles. The molecular formula is C20H25N5O. The largest absolute Gasteiger partial charge is 0.351 e. The predicted molar refractivity (Wildman–Crippen MR) is 102 cm³/mol. The molecule has 1 aliphatic heterocycles. The number of amidine groups is 1. The molecule has 26 heavy (non-hydrogen) atoms. The van der Waals surface area contributed by atoms with Crippen LogP contribution in [0.4, 0.5) is 5.95 Å². The van der Waals surface area contributed by atoms with E-state index in [2.05, 4.69) is 56.4 Å². The molecule has 0 bridgehead atoms. The Bertz CT molecular complexity index is 794. The Morgan fingerprint density at radius 3 is 2.38 bits per heavy atom. The number of aromatic nitrogens is 2. The first-order chi connectivity index (χ1) is 12.6. The summed E-state index contributed by atoms with van der Waals surface area (Å²) in [6, 6.07) is 8.95. The molecule has 1 N–H and O–H groups in total. The van der Waals surface area contributed by atoms with Crippen LogP contribution in [0.3, 0.4) is 0 Å². The summed E-state index contributed by atoms with van der Waals surface area (Å²) in [5.74, 6) is 0.996. The maximum atomic E-state index is 5.75. The van der Waals surface area contributed by atoms with E-state index < -0.39 is 5.85 Å². The van der Waals surface area contributed by atoms with Crippen LogP contribution in [0.5, 0.6) is 0 Å². The Balaban J connectivity index is 1.44. The summed E-state index contributed by atoms with van der Waals surface area (Å²) < 4.78 is 5.75. The Kier molecular flexibility index (Phi) is 4.36. The van der Waals surface area contributed by atoms with E-state index in [1.165, 1.54) is 11.1 Å². The Morgan fingerprint density at radius 1 is 1.15 bits per heavy atom. The van der Waals surface area contributed by atoms with E-state index >= 15 is 0 Å². The average molecular weight is 351 g/mol. The fourth-order valence-corrected chi connectivity index (χ4v) is 3.88. The molecule has 1 aromatic carbocycles. The van der Waals surface area contributed by atoms with Crippen LogP contribution in [0.15, 0.2) is 41.7 Å². The number of aliphatic imine (C=N–C) groups is 1. The van der Waals surface area contributed by atoms with Crippen LogP contribution in [0.1, 0.15) is 37.5 Å². The van der Waals surface area contributed by atoms with Gasteiger partial charge in [0.05, 0.1) is 5.56 Å². The van der Waals surface area contributed by atoms with Crippen LogP contribution in [-0.2, 0) is 17.6 Å². The van der Waals surface area contributed by atoms with E-state index in [4.69, 9.17) is 4.74 Å². The number of ether oxygens (including phenoxy) is 1. The van der Waals surface area contributed by atoms with Crippen molar-refractivity contribution in [2.45, 2.75) is 45.5 Å². The molecule has 0 saturated carbocycles. The maximum Gasteiger partial charge on any atom is 0.239 e. The van der Waals surface area contributed by atoms with E-state index in [-0.39, 0.29) is 0 Å².